The van der Waals surface area contributed by atoms with Crippen molar-refractivity contribution in [2.45, 2.75) is 37.3 Å². The molecule has 2 aliphatic heterocycles. The molecule has 2 saturated heterocycles. The minimum absolute atomic E-state index is 0.0718. The maximum atomic E-state index is 12.9. The van der Waals surface area contributed by atoms with E-state index in [-0.39, 0.29) is 17.6 Å². The van der Waals surface area contributed by atoms with E-state index in [2.05, 4.69) is 15.5 Å². The first-order chi connectivity index (χ1) is 12.7. The van der Waals surface area contributed by atoms with Crippen molar-refractivity contribution < 1.29 is 14.3 Å². The molecule has 4 rings (SSSR count). The highest BCUT2D eigenvalue weighted by Gasteiger charge is 2.39. The van der Waals surface area contributed by atoms with Gasteiger partial charge < -0.3 is 20.5 Å². The molecule has 0 radical (unpaired) electrons. The molecule has 0 bridgehead atoms. The predicted molar refractivity (Wildman–Crippen MR) is 97.7 cm³/mol. The SMILES string of the molecule is Nc1n[nH]c(C(=O)NC2CCOC3(CCOCC3)C2)c1-c1ccccc1. The lowest BCUT2D eigenvalue weighted by Crippen LogP contribution is -2.51. The molecule has 26 heavy (non-hydrogen) atoms. The lowest BCUT2D eigenvalue weighted by molar-refractivity contribution is -0.139. The number of ether oxygens (including phenoxy) is 2. The van der Waals surface area contributed by atoms with Crippen LogP contribution < -0.4 is 11.1 Å². The summed E-state index contributed by atoms with van der Waals surface area (Å²) in [5.74, 6) is 0.149. The van der Waals surface area contributed by atoms with Crippen LogP contribution in [0.15, 0.2) is 30.3 Å². The van der Waals surface area contributed by atoms with Gasteiger partial charge in [0.2, 0.25) is 0 Å². The Morgan fingerprint density at radius 2 is 2.00 bits per heavy atom. The molecule has 7 nitrogen and oxygen atoms in total. The average molecular weight is 356 g/mol. The molecule has 1 atom stereocenters. The highest BCUT2D eigenvalue weighted by atomic mass is 16.5. The Morgan fingerprint density at radius 3 is 2.77 bits per heavy atom. The number of H-pyrrole nitrogens is 1. The van der Waals surface area contributed by atoms with Crippen molar-refractivity contribution in [1.29, 1.82) is 0 Å². The van der Waals surface area contributed by atoms with Crippen molar-refractivity contribution in [2.75, 3.05) is 25.6 Å². The third kappa shape index (κ3) is 3.32. The van der Waals surface area contributed by atoms with E-state index in [9.17, 15) is 4.79 Å². The van der Waals surface area contributed by atoms with Gasteiger partial charge >= 0.3 is 0 Å². The van der Waals surface area contributed by atoms with E-state index in [1.165, 1.54) is 0 Å². The van der Waals surface area contributed by atoms with E-state index in [1.54, 1.807) is 0 Å². The van der Waals surface area contributed by atoms with Crippen molar-refractivity contribution in [3.8, 4) is 11.1 Å². The zero-order chi connectivity index (χ0) is 18.0. The number of benzene rings is 1. The van der Waals surface area contributed by atoms with Crippen LogP contribution in [0.1, 0.15) is 36.2 Å². The summed E-state index contributed by atoms with van der Waals surface area (Å²) < 4.78 is 11.5. The number of aromatic amines is 1. The van der Waals surface area contributed by atoms with Gasteiger partial charge in [-0.15, -0.1) is 0 Å². The van der Waals surface area contributed by atoms with Crippen LogP contribution in [0.5, 0.6) is 0 Å². The van der Waals surface area contributed by atoms with Gasteiger partial charge in [0.25, 0.3) is 5.91 Å². The lowest BCUT2D eigenvalue weighted by atomic mass is 9.84. The molecule has 4 N–H and O–H groups in total. The zero-order valence-corrected chi connectivity index (χ0v) is 14.7. The summed E-state index contributed by atoms with van der Waals surface area (Å²) in [6.07, 6.45) is 3.38. The summed E-state index contributed by atoms with van der Waals surface area (Å²) >= 11 is 0. The fourth-order valence-corrected chi connectivity index (χ4v) is 3.92. The van der Waals surface area contributed by atoms with Crippen LogP contribution in [-0.4, -0.2) is 47.6 Å². The van der Waals surface area contributed by atoms with Crippen molar-refractivity contribution in [3.63, 3.8) is 0 Å². The lowest BCUT2D eigenvalue weighted by Gasteiger charge is -2.43. The second-order valence-electron chi connectivity index (χ2n) is 7.03. The first-order valence-corrected chi connectivity index (χ1v) is 9.09. The number of carbonyl (C=O) groups is 1. The highest BCUT2D eigenvalue weighted by molar-refractivity contribution is 6.01. The molecular formula is C19H24N4O3. The van der Waals surface area contributed by atoms with Gasteiger partial charge in [0.15, 0.2) is 5.82 Å². The van der Waals surface area contributed by atoms with Gasteiger partial charge in [-0.1, -0.05) is 30.3 Å². The van der Waals surface area contributed by atoms with Crippen LogP contribution in [-0.2, 0) is 9.47 Å². The number of carbonyl (C=O) groups excluding carboxylic acids is 1. The number of nitrogens with zero attached hydrogens (tertiary/aromatic N) is 1. The summed E-state index contributed by atoms with van der Waals surface area (Å²) in [4.78, 5) is 12.9. The Morgan fingerprint density at radius 1 is 1.23 bits per heavy atom. The number of nitrogens with two attached hydrogens (primary N) is 1. The monoisotopic (exact) mass is 356 g/mol. The molecule has 7 heteroatoms. The van der Waals surface area contributed by atoms with E-state index in [1.807, 2.05) is 30.3 Å². The summed E-state index contributed by atoms with van der Waals surface area (Å²) in [5, 5.41) is 9.98. The maximum absolute atomic E-state index is 12.9. The number of hydrogen-bond donors (Lipinski definition) is 3. The molecule has 1 spiro atoms. The van der Waals surface area contributed by atoms with Crippen LogP contribution in [0.4, 0.5) is 5.82 Å². The van der Waals surface area contributed by atoms with E-state index in [4.69, 9.17) is 15.2 Å². The molecule has 138 valence electrons. The number of hydrogen-bond acceptors (Lipinski definition) is 5. The normalized spacial score (nSPS) is 22.2. The van der Waals surface area contributed by atoms with Crippen LogP contribution in [0.25, 0.3) is 11.1 Å². The van der Waals surface area contributed by atoms with E-state index in [0.29, 0.717) is 23.7 Å². The molecular weight excluding hydrogens is 332 g/mol. The summed E-state index contributed by atoms with van der Waals surface area (Å²) in [5.41, 5.74) is 7.76. The third-order valence-corrected chi connectivity index (χ3v) is 5.32. The fourth-order valence-electron chi connectivity index (χ4n) is 3.92. The first-order valence-electron chi connectivity index (χ1n) is 9.09. The van der Waals surface area contributed by atoms with Gasteiger partial charge in [0.1, 0.15) is 5.69 Å². The standard InChI is InChI=1S/C19H24N4O3/c20-17-15(13-4-2-1-3-5-13)16(22-23-17)18(24)21-14-6-9-26-19(12-14)7-10-25-11-8-19/h1-5,14H,6-12H2,(H,21,24)(H3,20,22,23). The number of nitrogens with one attached hydrogen (secondary N) is 2. The number of aromatic nitrogens is 2. The molecule has 1 aromatic heterocycles. The van der Waals surface area contributed by atoms with Crippen molar-refractivity contribution in [1.82, 2.24) is 15.5 Å². The Balaban J connectivity index is 1.51. The van der Waals surface area contributed by atoms with Crippen LogP contribution in [0, 0.1) is 0 Å². The number of amides is 1. The van der Waals surface area contributed by atoms with E-state index in [0.717, 1.165) is 44.5 Å². The maximum Gasteiger partial charge on any atom is 0.270 e. The van der Waals surface area contributed by atoms with Gasteiger partial charge in [-0.2, -0.15) is 5.10 Å². The Bertz CT molecular complexity index is 763. The van der Waals surface area contributed by atoms with Crippen LogP contribution in [0.3, 0.4) is 0 Å². The van der Waals surface area contributed by atoms with E-state index >= 15 is 0 Å². The Hall–Kier alpha value is -2.38. The predicted octanol–water partition coefficient (Wildman–Crippen LogP) is 2.12. The van der Waals surface area contributed by atoms with E-state index < -0.39 is 0 Å². The zero-order valence-electron chi connectivity index (χ0n) is 14.7. The quantitative estimate of drug-likeness (QED) is 0.782. The number of rotatable bonds is 3. The van der Waals surface area contributed by atoms with Crippen molar-refractivity contribution in [3.05, 3.63) is 36.0 Å². The Kier molecular flexibility index (Phi) is 4.65. The first kappa shape index (κ1) is 17.1. The van der Waals surface area contributed by atoms with Crippen molar-refractivity contribution >= 4 is 11.7 Å². The van der Waals surface area contributed by atoms with Gasteiger partial charge in [-0.05, 0) is 31.2 Å². The molecule has 2 aromatic rings. The second kappa shape index (κ2) is 7.09. The summed E-state index contributed by atoms with van der Waals surface area (Å²) in [7, 11) is 0. The van der Waals surface area contributed by atoms with Gasteiger partial charge in [0.05, 0.1) is 11.2 Å². The minimum atomic E-state index is -0.179. The average Bonchev–Trinajstić information content (AvgIpc) is 3.05. The second-order valence-corrected chi connectivity index (χ2v) is 7.03. The molecule has 0 saturated carbocycles. The molecule has 1 aromatic carbocycles. The largest absolute Gasteiger partial charge is 0.382 e. The fraction of sp³-hybridized carbons (Fsp3) is 0.474. The topological polar surface area (TPSA) is 102 Å². The van der Waals surface area contributed by atoms with Crippen LogP contribution in [0.2, 0.25) is 0 Å². The molecule has 2 aliphatic rings. The smallest absolute Gasteiger partial charge is 0.270 e. The van der Waals surface area contributed by atoms with Crippen molar-refractivity contribution in [2.24, 2.45) is 0 Å². The van der Waals surface area contributed by atoms with Gasteiger partial charge in [-0.3, -0.25) is 9.89 Å². The molecule has 3 heterocycles. The number of nitrogen functional groups attached to an aromatic ring is 1. The molecule has 2 fully saturated rings. The van der Waals surface area contributed by atoms with Gasteiger partial charge in [0, 0.05) is 25.9 Å². The third-order valence-electron chi connectivity index (χ3n) is 5.32. The summed E-state index contributed by atoms with van der Waals surface area (Å²) in [6.45, 7) is 2.09. The molecule has 0 aliphatic carbocycles. The highest BCUT2D eigenvalue weighted by Crippen LogP contribution is 2.34. The van der Waals surface area contributed by atoms with Gasteiger partial charge in [-0.25, -0.2) is 0 Å². The molecule has 1 unspecified atom stereocenters. The Labute approximate surface area is 152 Å². The molecule has 1 amide bonds. The minimum Gasteiger partial charge on any atom is -0.382 e. The number of anilines is 1. The van der Waals surface area contributed by atoms with Crippen LogP contribution >= 0.6 is 0 Å². The summed E-state index contributed by atoms with van der Waals surface area (Å²) in [6, 6.07) is 9.66.